The maximum Gasteiger partial charge on any atom is 0.321 e. The lowest BCUT2D eigenvalue weighted by molar-refractivity contribution is 0.0697. The van der Waals surface area contributed by atoms with Gasteiger partial charge in [0, 0.05) is 43.3 Å². The number of likely N-dealkylation sites (tertiary alicyclic amines) is 2. The van der Waals surface area contributed by atoms with E-state index in [0.29, 0.717) is 19.1 Å². The van der Waals surface area contributed by atoms with Crippen molar-refractivity contribution in [3.63, 3.8) is 0 Å². The molecule has 4 rings (SSSR count). The number of carbonyl (C=O) groups excluding carboxylic acids is 2. The molecule has 3 amide bonds. The van der Waals surface area contributed by atoms with E-state index >= 15 is 0 Å². The molecule has 1 N–H and O–H groups in total. The van der Waals surface area contributed by atoms with Gasteiger partial charge in [0.05, 0.1) is 6.61 Å². The van der Waals surface area contributed by atoms with E-state index in [1.807, 2.05) is 59.2 Å². The van der Waals surface area contributed by atoms with Crippen LogP contribution in [0, 0.1) is 5.92 Å². The number of anilines is 1. The van der Waals surface area contributed by atoms with Crippen LogP contribution in [0.3, 0.4) is 0 Å². The number of rotatable bonds is 5. The molecule has 2 saturated heterocycles. The van der Waals surface area contributed by atoms with Gasteiger partial charge in [0.25, 0.3) is 5.91 Å². The second-order valence-electron chi connectivity index (χ2n) is 9.27. The van der Waals surface area contributed by atoms with Crippen LogP contribution < -0.4 is 10.1 Å². The van der Waals surface area contributed by atoms with Crippen LogP contribution in [0.5, 0.6) is 5.75 Å². The predicted molar refractivity (Wildman–Crippen MR) is 131 cm³/mol. The van der Waals surface area contributed by atoms with Crippen molar-refractivity contribution in [2.24, 2.45) is 5.92 Å². The number of nitrogens with one attached hydrogen (secondary N) is 1. The average molecular weight is 450 g/mol. The third kappa shape index (κ3) is 5.86. The second-order valence-corrected chi connectivity index (χ2v) is 9.27. The summed E-state index contributed by atoms with van der Waals surface area (Å²) in [6.45, 7) is 7.89. The van der Waals surface area contributed by atoms with Crippen LogP contribution in [0.25, 0.3) is 0 Å². The molecule has 0 spiro atoms. The molecule has 33 heavy (non-hydrogen) atoms. The summed E-state index contributed by atoms with van der Waals surface area (Å²) in [7, 11) is 0. The van der Waals surface area contributed by atoms with Crippen LogP contribution in [-0.4, -0.2) is 54.5 Å². The molecular weight excluding hydrogens is 414 g/mol. The number of hydrogen-bond donors (Lipinski definition) is 1. The Labute approximate surface area is 196 Å². The van der Waals surface area contributed by atoms with E-state index in [1.54, 1.807) is 0 Å². The van der Waals surface area contributed by atoms with Crippen LogP contribution >= 0.6 is 0 Å². The summed E-state index contributed by atoms with van der Waals surface area (Å²) in [5.74, 6) is 1.85. The molecule has 2 aliphatic heterocycles. The molecule has 6 heteroatoms. The van der Waals surface area contributed by atoms with Crippen molar-refractivity contribution >= 4 is 17.6 Å². The monoisotopic (exact) mass is 449 g/mol. The number of piperidine rings is 2. The molecule has 176 valence electrons. The minimum atomic E-state index is -0.0847. The molecule has 1 unspecified atom stereocenters. The van der Waals surface area contributed by atoms with Crippen LogP contribution in [0.15, 0.2) is 48.5 Å². The first-order valence-corrected chi connectivity index (χ1v) is 12.2. The van der Waals surface area contributed by atoms with Crippen molar-refractivity contribution in [2.45, 2.75) is 45.4 Å². The first-order valence-electron chi connectivity index (χ1n) is 12.2. The van der Waals surface area contributed by atoms with Crippen LogP contribution in [0.2, 0.25) is 0 Å². The highest BCUT2D eigenvalue weighted by molar-refractivity contribution is 5.94. The third-order valence-corrected chi connectivity index (χ3v) is 6.80. The van der Waals surface area contributed by atoms with E-state index in [1.165, 1.54) is 0 Å². The maximum atomic E-state index is 13.0. The average Bonchev–Trinajstić information content (AvgIpc) is 2.85. The Morgan fingerprint density at radius 1 is 1.00 bits per heavy atom. The van der Waals surface area contributed by atoms with Crippen molar-refractivity contribution in [2.75, 3.05) is 38.1 Å². The van der Waals surface area contributed by atoms with Gasteiger partial charge < -0.3 is 19.9 Å². The fraction of sp³-hybridized carbons (Fsp3) is 0.481. The summed E-state index contributed by atoms with van der Waals surface area (Å²) in [6.07, 6.45) is 4.12. The van der Waals surface area contributed by atoms with Gasteiger partial charge in [-0.15, -0.1) is 0 Å². The molecule has 1 atom stereocenters. The second kappa shape index (κ2) is 10.7. The number of ether oxygens (including phenoxy) is 1. The Kier molecular flexibility index (Phi) is 7.53. The van der Waals surface area contributed by atoms with Gasteiger partial charge >= 0.3 is 6.03 Å². The molecule has 2 aliphatic rings. The van der Waals surface area contributed by atoms with Crippen LogP contribution in [0.1, 0.15) is 61.4 Å². The van der Waals surface area contributed by atoms with Gasteiger partial charge in [0.15, 0.2) is 0 Å². The van der Waals surface area contributed by atoms with Gasteiger partial charge in [-0.05, 0) is 80.5 Å². The van der Waals surface area contributed by atoms with Crippen molar-refractivity contribution in [3.05, 3.63) is 59.7 Å². The lowest BCUT2D eigenvalue weighted by Crippen LogP contribution is -2.41. The predicted octanol–water partition coefficient (Wildman–Crippen LogP) is 5.37. The maximum absolute atomic E-state index is 13.0. The Morgan fingerprint density at radius 3 is 2.48 bits per heavy atom. The molecule has 2 aromatic carbocycles. The number of amides is 3. The van der Waals surface area contributed by atoms with E-state index in [0.717, 1.165) is 67.9 Å². The van der Waals surface area contributed by atoms with Crippen molar-refractivity contribution < 1.29 is 14.3 Å². The van der Waals surface area contributed by atoms with Crippen LogP contribution in [0.4, 0.5) is 10.5 Å². The van der Waals surface area contributed by atoms with Crippen LogP contribution in [-0.2, 0) is 0 Å². The topological polar surface area (TPSA) is 61.9 Å². The van der Waals surface area contributed by atoms with E-state index in [4.69, 9.17) is 4.74 Å². The summed E-state index contributed by atoms with van der Waals surface area (Å²) < 4.78 is 5.46. The lowest BCUT2D eigenvalue weighted by atomic mass is 9.89. The van der Waals surface area contributed by atoms with E-state index < -0.39 is 0 Å². The molecule has 0 radical (unpaired) electrons. The number of benzene rings is 2. The zero-order valence-corrected chi connectivity index (χ0v) is 19.8. The first-order chi connectivity index (χ1) is 16.0. The fourth-order valence-corrected chi connectivity index (χ4v) is 4.76. The first kappa shape index (κ1) is 23.1. The molecule has 0 aliphatic carbocycles. The van der Waals surface area contributed by atoms with Gasteiger partial charge in [-0.1, -0.05) is 19.1 Å². The summed E-state index contributed by atoms with van der Waals surface area (Å²) in [5.41, 5.74) is 2.66. The highest BCUT2D eigenvalue weighted by atomic mass is 16.5. The van der Waals surface area contributed by atoms with Gasteiger partial charge in [0.1, 0.15) is 5.75 Å². The Morgan fingerprint density at radius 2 is 1.76 bits per heavy atom. The zero-order chi connectivity index (χ0) is 23.2. The molecule has 2 heterocycles. The highest BCUT2D eigenvalue weighted by Gasteiger charge is 2.26. The Hall–Kier alpha value is -3.02. The zero-order valence-electron chi connectivity index (χ0n) is 19.8. The summed E-state index contributed by atoms with van der Waals surface area (Å²) in [5, 5.41) is 3.00. The van der Waals surface area contributed by atoms with Gasteiger partial charge in [-0.2, -0.15) is 0 Å². The normalized spacial score (nSPS) is 19.3. The minimum Gasteiger partial charge on any atom is -0.494 e. The van der Waals surface area contributed by atoms with E-state index in [2.05, 4.69) is 18.3 Å². The Balaban J connectivity index is 1.38. The fourth-order valence-electron chi connectivity index (χ4n) is 4.76. The Bertz CT molecular complexity index is 951. The third-order valence-electron chi connectivity index (χ3n) is 6.80. The van der Waals surface area contributed by atoms with E-state index in [9.17, 15) is 9.59 Å². The molecular formula is C27H35N3O3. The van der Waals surface area contributed by atoms with E-state index in [-0.39, 0.29) is 17.9 Å². The molecule has 2 aromatic rings. The van der Waals surface area contributed by atoms with Crippen molar-refractivity contribution in [1.29, 1.82) is 0 Å². The molecule has 0 saturated carbocycles. The number of hydrogen-bond acceptors (Lipinski definition) is 3. The van der Waals surface area contributed by atoms with Crippen molar-refractivity contribution in [3.8, 4) is 5.75 Å². The quantitative estimate of drug-likeness (QED) is 0.668. The van der Waals surface area contributed by atoms with Gasteiger partial charge in [0.2, 0.25) is 0 Å². The van der Waals surface area contributed by atoms with Gasteiger partial charge in [-0.25, -0.2) is 4.79 Å². The number of nitrogens with zero attached hydrogens (tertiary/aromatic N) is 2. The highest BCUT2D eigenvalue weighted by Crippen LogP contribution is 2.29. The number of carbonyl (C=O) groups is 2. The smallest absolute Gasteiger partial charge is 0.321 e. The van der Waals surface area contributed by atoms with Crippen molar-refractivity contribution in [1.82, 2.24) is 9.80 Å². The summed E-state index contributed by atoms with van der Waals surface area (Å²) in [6, 6.07) is 15.4. The molecule has 6 nitrogen and oxygen atoms in total. The molecule has 0 bridgehead atoms. The lowest BCUT2D eigenvalue weighted by Gasteiger charge is -2.33. The van der Waals surface area contributed by atoms with Gasteiger partial charge in [-0.3, -0.25) is 4.79 Å². The minimum absolute atomic E-state index is 0.0847. The summed E-state index contributed by atoms with van der Waals surface area (Å²) in [4.78, 5) is 29.8. The molecule has 0 aromatic heterocycles. The number of urea groups is 1. The SMILES string of the molecule is CCOc1ccc(NC(=O)N2CCCC(c3cccc(C(=O)N4CCC(C)CC4)c3)C2)cc1. The molecule has 2 fully saturated rings. The summed E-state index contributed by atoms with van der Waals surface area (Å²) >= 11 is 0. The standard InChI is InChI=1S/C27H35N3O3/c1-3-33-25-11-9-24(10-12-25)28-27(32)30-15-5-8-23(19-30)21-6-4-7-22(18-21)26(31)29-16-13-20(2)14-17-29/h4,6-7,9-12,18,20,23H,3,5,8,13-17,19H2,1-2H3,(H,28,32). The largest absolute Gasteiger partial charge is 0.494 e.